The van der Waals surface area contributed by atoms with Gasteiger partial charge in [0.2, 0.25) is 10.0 Å². The molecule has 3 aromatic rings. The van der Waals surface area contributed by atoms with Crippen molar-refractivity contribution < 1.29 is 22.3 Å². The van der Waals surface area contributed by atoms with Gasteiger partial charge in [0, 0.05) is 60.8 Å². The molecule has 4 saturated carbocycles. The van der Waals surface area contributed by atoms with Gasteiger partial charge in [-0.15, -0.1) is 0 Å². The molecule has 4 aliphatic carbocycles. The van der Waals surface area contributed by atoms with E-state index < -0.39 is 15.9 Å². The number of nitrogens with one attached hydrogen (secondary N) is 1. The van der Waals surface area contributed by atoms with Crippen molar-refractivity contribution in [3.05, 3.63) is 77.9 Å². The maximum absolute atomic E-state index is 15.4. The summed E-state index contributed by atoms with van der Waals surface area (Å²) in [6.45, 7) is 7.52. The monoisotopic (exact) mass is 660 g/mol. The van der Waals surface area contributed by atoms with Crippen molar-refractivity contribution in [1.82, 2.24) is 14.6 Å². The number of anilines is 1. The number of halogens is 1. The zero-order valence-corrected chi connectivity index (χ0v) is 28.1. The van der Waals surface area contributed by atoms with Crippen LogP contribution in [0.15, 0.2) is 60.9 Å². The summed E-state index contributed by atoms with van der Waals surface area (Å²) >= 11 is 0. The average molecular weight is 661 g/mol. The molecule has 1 N–H and O–H groups in total. The maximum atomic E-state index is 15.4. The molecule has 1 unspecified atom stereocenters. The molecule has 250 valence electrons. The van der Waals surface area contributed by atoms with Gasteiger partial charge in [-0.3, -0.25) is 14.7 Å². The van der Waals surface area contributed by atoms with Crippen molar-refractivity contribution in [3.63, 3.8) is 0 Å². The summed E-state index contributed by atoms with van der Waals surface area (Å²) in [4.78, 5) is 21.8. The number of pyridine rings is 1. The van der Waals surface area contributed by atoms with Crippen LogP contribution in [0.25, 0.3) is 11.1 Å². The first-order chi connectivity index (χ1) is 22.6. The SMILES string of the molecule is CCOc1cncc(-c2ccc(C(C)N3CCN(c4ccc(C(=O)NS(=O)(=O)CC56CC7CC(CC(C7)C5)C6)cc4)CC3)c(F)c2)c1. The van der Waals surface area contributed by atoms with Gasteiger partial charge in [0.05, 0.1) is 18.6 Å². The van der Waals surface area contributed by atoms with Gasteiger partial charge in [-0.1, -0.05) is 12.1 Å². The number of nitrogens with zero attached hydrogens (tertiary/aromatic N) is 3. The van der Waals surface area contributed by atoms with Crippen molar-refractivity contribution in [2.45, 2.75) is 58.4 Å². The molecule has 8 nitrogen and oxygen atoms in total. The Morgan fingerprint density at radius 2 is 1.62 bits per heavy atom. The molecule has 10 heteroatoms. The number of hydrogen-bond donors (Lipinski definition) is 1. The number of carbonyl (C=O) groups excluding carboxylic acids is 1. The summed E-state index contributed by atoms with van der Waals surface area (Å²) in [5.41, 5.74) is 3.39. The van der Waals surface area contributed by atoms with Crippen LogP contribution < -0.4 is 14.4 Å². The molecule has 1 atom stereocenters. The van der Waals surface area contributed by atoms with Crippen LogP contribution in [0.4, 0.5) is 10.1 Å². The second-order valence-electron chi connectivity index (χ2n) is 14.4. The average Bonchev–Trinajstić information content (AvgIpc) is 3.03. The second kappa shape index (κ2) is 12.8. The van der Waals surface area contributed by atoms with Gasteiger partial charge in [0.15, 0.2) is 0 Å². The molecular formula is C37H45FN4O4S. The Morgan fingerprint density at radius 3 is 2.23 bits per heavy atom. The molecule has 0 radical (unpaired) electrons. The van der Waals surface area contributed by atoms with Crippen LogP contribution in [-0.4, -0.2) is 62.7 Å². The van der Waals surface area contributed by atoms with Crippen molar-refractivity contribution in [2.75, 3.05) is 43.4 Å². The van der Waals surface area contributed by atoms with Crippen molar-refractivity contribution >= 4 is 21.6 Å². The Hall–Kier alpha value is -3.50. The first-order valence-corrected chi connectivity index (χ1v) is 18.8. The maximum Gasteiger partial charge on any atom is 0.264 e. The number of hydrogen-bond acceptors (Lipinski definition) is 7. The molecule has 5 fully saturated rings. The summed E-state index contributed by atoms with van der Waals surface area (Å²) in [7, 11) is -3.73. The summed E-state index contributed by atoms with van der Waals surface area (Å²) in [5.74, 6) is 1.89. The number of aromatic nitrogens is 1. The Kier molecular flexibility index (Phi) is 8.76. The van der Waals surface area contributed by atoms with Gasteiger partial charge in [0.25, 0.3) is 5.91 Å². The largest absolute Gasteiger partial charge is 0.492 e. The summed E-state index contributed by atoms with van der Waals surface area (Å²) in [6.07, 6.45) is 10.1. The minimum absolute atomic E-state index is 0.0594. The first-order valence-electron chi connectivity index (χ1n) is 17.1. The highest BCUT2D eigenvalue weighted by molar-refractivity contribution is 7.90. The number of ether oxygens (including phenoxy) is 1. The smallest absolute Gasteiger partial charge is 0.264 e. The standard InChI is InChI=1S/C37H45FN4O4S/c1-3-46-33-17-31(22-39-23-33)30-6-9-34(35(38)18-30)25(2)41-10-12-42(13-11-41)32-7-4-29(5-8-32)36(43)40-47(44,45)24-37-19-26-14-27(20-37)16-28(15-26)21-37/h4-9,17-18,22-23,25-28H,3,10-16,19-21,24H2,1-2H3,(H,40,43). The highest BCUT2D eigenvalue weighted by atomic mass is 32.2. The molecule has 47 heavy (non-hydrogen) atoms. The zero-order valence-electron chi connectivity index (χ0n) is 27.3. The van der Waals surface area contributed by atoms with Crippen molar-refractivity contribution in [1.29, 1.82) is 0 Å². The Balaban J connectivity index is 0.928. The van der Waals surface area contributed by atoms with Crippen molar-refractivity contribution in [3.8, 4) is 16.9 Å². The van der Waals surface area contributed by atoms with E-state index in [0.29, 0.717) is 41.2 Å². The molecule has 1 amide bonds. The quantitative estimate of drug-likeness (QED) is 0.268. The minimum atomic E-state index is -3.73. The number of amides is 1. The van der Waals surface area contributed by atoms with E-state index in [1.807, 2.05) is 44.2 Å². The van der Waals surface area contributed by atoms with E-state index in [2.05, 4.69) is 19.5 Å². The van der Waals surface area contributed by atoms with Crippen LogP contribution in [0.5, 0.6) is 5.75 Å². The highest BCUT2D eigenvalue weighted by Crippen LogP contribution is 2.60. The molecule has 1 aromatic heterocycles. The fourth-order valence-electron chi connectivity index (χ4n) is 9.36. The summed E-state index contributed by atoms with van der Waals surface area (Å²) in [6, 6.07) is 14.3. The lowest BCUT2D eigenvalue weighted by atomic mass is 9.50. The first kappa shape index (κ1) is 32.1. The fraction of sp³-hybridized carbons (Fsp3) is 0.514. The van der Waals surface area contributed by atoms with Gasteiger partial charge in [-0.25, -0.2) is 17.5 Å². The topological polar surface area (TPSA) is 91.8 Å². The van der Waals surface area contributed by atoms with E-state index in [9.17, 15) is 13.2 Å². The molecule has 5 aliphatic rings. The molecule has 4 bridgehead atoms. The summed E-state index contributed by atoms with van der Waals surface area (Å²) in [5, 5.41) is 0. The van der Waals surface area contributed by atoms with Crippen LogP contribution in [0, 0.1) is 29.0 Å². The molecule has 1 saturated heterocycles. The highest BCUT2D eigenvalue weighted by Gasteiger charge is 2.52. The van der Waals surface area contributed by atoms with Gasteiger partial charge in [-0.05, 0) is 118 Å². The Labute approximate surface area is 277 Å². The molecule has 2 aromatic carbocycles. The molecule has 0 spiro atoms. The van der Waals surface area contributed by atoms with Gasteiger partial charge in [0.1, 0.15) is 11.6 Å². The lowest BCUT2D eigenvalue weighted by Gasteiger charge is -2.56. The van der Waals surface area contributed by atoms with Crippen LogP contribution in [-0.2, 0) is 10.0 Å². The van der Waals surface area contributed by atoms with Crippen LogP contribution in [0.1, 0.15) is 74.3 Å². The van der Waals surface area contributed by atoms with E-state index in [1.54, 1.807) is 30.6 Å². The number of piperazine rings is 1. The molecule has 2 heterocycles. The third-order valence-corrected chi connectivity index (χ3v) is 12.6. The van der Waals surface area contributed by atoms with E-state index in [0.717, 1.165) is 62.3 Å². The Bertz CT molecular complexity index is 1690. The summed E-state index contributed by atoms with van der Waals surface area (Å²) < 4.78 is 49.6. The third kappa shape index (κ3) is 6.90. The van der Waals surface area contributed by atoms with Crippen LogP contribution >= 0.6 is 0 Å². The number of sulfonamides is 1. The predicted octanol–water partition coefficient (Wildman–Crippen LogP) is 6.45. The number of rotatable bonds is 10. The van der Waals surface area contributed by atoms with Gasteiger partial charge in [-0.2, -0.15) is 0 Å². The van der Waals surface area contributed by atoms with Gasteiger partial charge >= 0.3 is 0 Å². The zero-order chi connectivity index (χ0) is 32.8. The molecular weight excluding hydrogens is 615 g/mol. The molecule has 1 aliphatic heterocycles. The minimum Gasteiger partial charge on any atom is -0.492 e. The lowest BCUT2D eigenvalue weighted by Crippen LogP contribution is -2.51. The second-order valence-corrected chi connectivity index (χ2v) is 16.2. The Morgan fingerprint density at radius 1 is 0.957 bits per heavy atom. The number of carbonyl (C=O) groups is 1. The van der Waals surface area contributed by atoms with E-state index in [-0.39, 0.29) is 23.0 Å². The molecule has 8 rings (SSSR count). The third-order valence-electron chi connectivity index (χ3n) is 11.1. The van der Waals surface area contributed by atoms with Gasteiger partial charge < -0.3 is 9.64 Å². The van der Waals surface area contributed by atoms with E-state index in [1.165, 1.54) is 19.3 Å². The van der Waals surface area contributed by atoms with E-state index in [4.69, 9.17) is 4.74 Å². The fourth-order valence-corrected chi connectivity index (χ4v) is 11.0. The normalized spacial score (nSPS) is 26.3. The van der Waals surface area contributed by atoms with Crippen molar-refractivity contribution in [2.24, 2.45) is 23.2 Å². The van der Waals surface area contributed by atoms with Crippen LogP contribution in [0.2, 0.25) is 0 Å². The van der Waals surface area contributed by atoms with E-state index >= 15 is 4.39 Å². The lowest BCUT2D eigenvalue weighted by molar-refractivity contribution is -0.0391. The predicted molar refractivity (Wildman–Crippen MR) is 181 cm³/mol. The van der Waals surface area contributed by atoms with Crippen LogP contribution in [0.3, 0.4) is 0 Å². The number of benzene rings is 2.